The molecule has 0 N–H and O–H groups in total. The summed E-state index contributed by atoms with van der Waals surface area (Å²) in [6.07, 6.45) is 0. The molecule has 0 saturated heterocycles. The zero-order valence-corrected chi connectivity index (χ0v) is 28.7. The number of benzene rings is 9. The molecule has 2 aromatic heterocycles. The number of hydrogen-bond donors (Lipinski definition) is 0. The van der Waals surface area contributed by atoms with E-state index < -0.39 is 0 Å². The minimum Gasteiger partial charge on any atom is -0.455 e. The summed E-state index contributed by atoms with van der Waals surface area (Å²) in [5.74, 6) is 0. The summed E-state index contributed by atoms with van der Waals surface area (Å²) in [4.78, 5) is 2.38. The van der Waals surface area contributed by atoms with Crippen LogP contribution in [0.2, 0.25) is 0 Å². The van der Waals surface area contributed by atoms with E-state index in [0.29, 0.717) is 0 Å². The van der Waals surface area contributed by atoms with Crippen LogP contribution in [0.1, 0.15) is 0 Å². The molecule has 0 radical (unpaired) electrons. The molecule has 0 bridgehead atoms. The molecule has 0 spiro atoms. The third-order valence-electron chi connectivity index (χ3n) is 10.7. The second-order valence-electron chi connectivity index (χ2n) is 13.6. The van der Waals surface area contributed by atoms with Crippen molar-refractivity contribution in [1.82, 2.24) is 0 Å². The summed E-state index contributed by atoms with van der Waals surface area (Å²) in [5.41, 5.74) is 11.1. The minimum atomic E-state index is 0.850. The van der Waals surface area contributed by atoms with Gasteiger partial charge in [0.25, 0.3) is 0 Å². The molecule has 0 aliphatic carbocycles. The van der Waals surface area contributed by atoms with Gasteiger partial charge in [0.2, 0.25) is 0 Å². The molecule has 248 valence electrons. The zero-order chi connectivity index (χ0) is 34.9. The summed E-state index contributed by atoms with van der Waals surface area (Å²) in [7, 11) is 0. The molecule has 0 fully saturated rings. The van der Waals surface area contributed by atoms with Gasteiger partial charge in [0.1, 0.15) is 22.3 Å². The number of anilines is 3. The summed E-state index contributed by atoms with van der Waals surface area (Å²) in [6, 6.07) is 66.6. The lowest BCUT2D eigenvalue weighted by Gasteiger charge is -2.28. The van der Waals surface area contributed by atoms with Gasteiger partial charge < -0.3 is 13.7 Å². The van der Waals surface area contributed by atoms with Crippen molar-refractivity contribution < 1.29 is 8.83 Å². The minimum absolute atomic E-state index is 0.850. The highest BCUT2D eigenvalue weighted by molar-refractivity contribution is 6.21. The highest BCUT2D eigenvalue weighted by Crippen LogP contribution is 2.48. The van der Waals surface area contributed by atoms with Gasteiger partial charge in [-0.1, -0.05) is 146 Å². The first-order chi connectivity index (χ1) is 26.3. The third-order valence-corrected chi connectivity index (χ3v) is 10.7. The van der Waals surface area contributed by atoms with E-state index in [2.05, 4.69) is 193 Å². The fourth-order valence-corrected chi connectivity index (χ4v) is 8.20. The lowest BCUT2D eigenvalue weighted by atomic mass is 9.98. The first-order valence-electron chi connectivity index (χ1n) is 18.0. The summed E-state index contributed by atoms with van der Waals surface area (Å²) in [6.45, 7) is 0. The van der Waals surface area contributed by atoms with Crippen LogP contribution >= 0.6 is 0 Å². The smallest absolute Gasteiger partial charge is 0.143 e. The van der Waals surface area contributed by atoms with Gasteiger partial charge in [0, 0.05) is 43.7 Å². The Bertz CT molecular complexity index is 3170. The Kier molecular flexibility index (Phi) is 6.55. The van der Waals surface area contributed by atoms with Gasteiger partial charge in [0.05, 0.1) is 16.8 Å². The predicted octanol–water partition coefficient (Wildman–Crippen LogP) is 14.6. The number of fused-ring (bicyclic) bond motifs is 10. The Morgan fingerprint density at radius 3 is 1.68 bits per heavy atom. The number of hydrogen-bond acceptors (Lipinski definition) is 3. The van der Waals surface area contributed by atoms with Crippen molar-refractivity contribution in [3.8, 4) is 22.3 Å². The molecule has 3 nitrogen and oxygen atoms in total. The molecule has 0 aliphatic rings. The van der Waals surface area contributed by atoms with Crippen LogP contribution in [0, 0.1) is 0 Å². The molecule has 0 saturated carbocycles. The molecule has 11 aromatic rings. The van der Waals surface area contributed by atoms with Crippen LogP contribution in [0.3, 0.4) is 0 Å². The molecule has 11 rings (SSSR count). The van der Waals surface area contributed by atoms with E-state index in [-0.39, 0.29) is 0 Å². The van der Waals surface area contributed by atoms with Crippen LogP contribution in [-0.2, 0) is 0 Å². The Hall–Kier alpha value is -7.10. The Labute approximate surface area is 305 Å². The van der Waals surface area contributed by atoms with E-state index in [9.17, 15) is 0 Å². The van der Waals surface area contributed by atoms with Gasteiger partial charge in [-0.25, -0.2) is 0 Å². The molecular formula is C50H31NO2. The Morgan fingerprint density at radius 1 is 0.321 bits per heavy atom. The molecular weight excluding hydrogens is 647 g/mol. The monoisotopic (exact) mass is 677 g/mol. The highest BCUT2D eigenvalue weighted by Gasteiger charge is 2.24. The molecule has 0 amide bonds. The highest BCUT2D eigenvalue weighted by atomic mass is 16.3. The van der Waals surface area contributed by atoms with E-state index >= 15 is 0 Å². The van der Waals surface area contributed by atoms with Crippen LogP contribution < -0.4 is 4.90 Å². The van der Waals surface area contributed by atoms with E-state index in [0.717, 1.165) is 88.2 Å². The average molecular weight is 678 g/mol. The number of rotatable bonds is 5. The summed E-state index contributed by atoms with van der Waals surface area (Å²) >= 11 is 0. The molecule has 0 unspecified atom stereocenters. The van der Waals surface area contributed by atoms with E-state index in [1.54, 1.807) is 0 Å². The van der Waals surface area contributed by atoms with Crippen LogP contribution in [0.4, 0.5) is 17.1 Å². The fourth-order valence-electron chi connectivity index (χ4n) is 8.20. The number of para-hydroxylation sites is 2. The standard InChI is InChI=1S/C50H31NO2/c1-2-12-32(13-3-1)33-24-28-36(29-25-33)51(45-22-11-23-46-47(45)43-31-27-35-15-5-7-17-38(35)49(43)52-46)44-21-9-8-18-39(44)40-19-10-20-41-42-30-26-34-14-4-6-16-37(34)48(42)53-50(40)41/h1-31H. The van der Waals surface area contributed by atoms with Gasteiger partial charge in [-0.3, -0.25) is 0 Å². The van der Waals surface area contributed by atoms with Crippen molar-refractivity contribution >= 4 is 82.5 Å². The van der Waals surface area contributed by atoms with Gasteiger partial charge in [-0.2, -0.15) is 0 Å². The van der Waals surface area contributed by atoms with Gasteiger partial charge in [-0.15, -0.1) is 0 Å². The molecule has 53 heavy (non-hydrogen) atoms. The summed E-state index contributed by atoms with van der Waals surface area (Å²) < 4.78 is 13.6. The zero-order valence-electron chi connectivity index (χ0n) is 28.7. The van der Waals surface area contributed by atoms with Crippen molar-refractivity contribution in [3.63, 3.8) is 0 Å². The average Bonchev–Trinajstić information content (AvgIpc) is 3.82. The lowest BCUT2D eigenvalue weighted by Crippen LogP contribution is -2.11. The maximum Gasteiger partial charge on any atom is 0.143 e. The maximum absolute atomic E-state index is 6.89. The Morgan fingerprint density at radius 2 is 0.887 bits per heavy atom. The SMILES string of the molecule is c1ccc(-c2ccc(N(c3ccccc3-c3cccc4c3oc3c5ccccc5ccc43)c3cccc4oc5c6ccccc6ccc5c34)cc2)cc1. The van der Waals surface area contributed by atoms with Crippen LogP contribution in [0.15, 0.2) is 197 Å². The third kappa shape index (κ3) is 4.61. The van der Waals surface area contributed by atoms with Gasteiger partial charge in [0.15, 0.2) is 0 Å². The molecule has 3 heteroatoms. The van der Waals surface area contributed by atoms with Crippen LogP contribution in [0.25, 0.3) is 87.7 Å². The van der Waals surface area contributed by atoms with Crippen molar-refractivity contribution in [2.45, 2.75) is 0 Å². The van der Waals surface area contributed by atoms with Gasteiger partial charge >= 0.3 is 0 Å². The largest absolute Gasteiger partial charge is 0.455 e. The number of nitrogens with zero attached hydrogens (tertiary/aromatic N) is 1. The van der Waals surface area contributed by atoms with E-state index in [1.807, 2.05) is 0 Å². The maximum atomic E-state index is 6.89. The van der Waals surface area contributed by atoms with Crippen molar-refractivity contribution in [2.24, 2.45) is 0 Å². The normalized spacial score (nSPS) is 11.8. The first kappa shape index (κ1) is 29.6. The molecule has 2 heterocycles. The van der Waals surface area contributed by atoms with Crippen molar-refractivity contribution in [1.29, 1.82) is 0 Å². The predicted molar refractivity (Wildman–Crippen MR) is 222 cm³/mol. The van der Waals surface area contributed by atoms with Crippen molar-refractivity contribution in [3.05, 3.63) is 188 Å². The van der Waals surface area contributed by atoms with Crippen molar-refractivity contribution in [2.75, 3.05) is 4.90 Å². The Balaban J connectivity index is 1.18. The lowest BCUT2D eigenvalue weighted by molar-refractivity contribution is 0.672. The molecule has 9 aromatic carbocycles. The quantitative estimate of drug-likeness (QED) is 0.182. The molecule has 0 atom stereocenters. The topological polar surface area (TPSA) is 29.5 Å². The fraction of sp³-hybridized carbons (Fsp3) is 0. The first-order valence-corrected chi connectivity index (χ1v) is 18.0. The summed E-state index contributed by atoms with van der Waals surface area (Å²) in [5, 5.41) is 8.93. The second-order valence-corrected chi connectivity index (χ2v) is 13.6. The van der Waals surface area contributed by atoms with E-state index in [1.165, 1.54) is 16.5 Å². The van der Waals surface area contributed by atoms with Gasteiger partial charge in [-0.05, 0) is 64.4 Å². The molecule has 0 aliphatic heterocycles. The van der Waals surface area contributed by atoms with Crippen LogP contribution in [-0.4, -0.2) is 0 Å². The second kappa shape index (κ2) is 11.7. The van der Waals surface area contributed by atoms with Crippen LogP contribution in [0.5, 0.6) is 0 Å². The number of furan rings is 2. The van der Waals surface area contributed by atoms with E-state index in [4.69, 9.17) is 8.83 Å².